The zero-order chi connectivity index (χ0) is 20.8. The number of benzene rings is 4. The average Bonchev–Trinajstić information content (AvgIpc) is 2.84. The third-order valence-corrected chi connectivity index (χ3v) is 10.3. The molecule has 1 atom stereocenters. The molecule has 4 rings (SSSR count). The molecule has 0 amide bonds. The Labute approximate surface area is 179 Å². The minimum Gasteiger partial charge on any atom is -0.294 e. The third kappa shape index (κ3) is 4.13. The summed E-state index contributed by atoms with van der Waals surface area (Å²) in [5.74, 6) is 0.197. The van der Waals surface area contributed by atoms with Gasteiger partial charge >= 0.3 is 0 Å². The lowest BCUT2D eigenvalue weighted by atomic mass is 10.0. The summed E-state index contributed by atoms with van der Waals surface area (Å²) in [6.07, 6.45) is 0.488. The Morgan fingerprint density at radius 2 is 1.03 bits per heavy atom. The molecule has 0 heterocycles. The van der Waals surface area contributed by atoms with E-state index in [1.807, 2.05) is 36.4 Å². The predicted octanol–water partition coefficient (Wildman–Crippen LogP) is 6.30. The quantitative estimate of drug-likeness (QED) is 0.259. The van der Waals surface area contributed by atoms with Crippen molar-refractivity contribution in [2.24, 2.45) is 0 Å². The summed E-state index contributed by atoms with van der Waals surface area (Å²) in [6.45, 7) is 2.38. The summed E-state index contributed by atoms with van der Waals surface area (Å²) in [6, 6.07) is 41.7. The Kier molecular flexibility index (Phi) is 6.21. The largest absolute Gasteiger partial charge is 0.294 e. The summed E-state index contributed by atoms with van der Waals surface area (Å²) in [7, 11) is -1.90. The Balaban J connectivity index is 1.87. The van der Waals surface area contributed by atoms with Crippen molar-refractivity contribution in [3.63, 3.8) is 0 Å². The minimum absolute atomic E-state index is 0.108. The van der Waals surface area contributed by atoms with E-state index in [0.717, 1.165) is 5.56 Å². The van der Waals surface area contributed by atoms with E-state index in [1.54, 1.807) is 0 Å². The average molecular weight is 409 g/mol. The van der Waals surface area contributed by atoms with Gasteiger partial charge in [-0.2, -0.15) is 0 Å². The van der Waals surface area contributed by atoms with E-state index in [0.29, 0.717) is 6.42 Å². The Morgan fingerprint density at radius 3 is 1.50 bits per heavy atom. The van der Waals surface area contributed by atoms with Crippen LogP contribution in [0.4, 0.5) is 0 Å². The summed E-state index contributed by atoms with van der Waals surface area (Å²) < 4.78 is 0. The van der Waals surface area contributed by atoms with Crippen molar-refractivity contribution in [1.29, 1.82) is 0 Å². The molecule has 1 unspecified atom stereocenters. The summed E-state index contributed by atoms with van der Waals surface area (Å²) in [5.41, 5.74) is 2.12. The van der Waals surface area contributed by atoms with Gasteiger partial charge in [0.25, 0.3) is 0 Å². The van der Waals surface area contributed by atoms with Crippen LogP contribution < -0.4 is 10.6 Å². The molecule has 4 aromatic carbocycles. The number of hydrogen-bond acceptors (Lipinski definition) is 1. The van der Waals surface area contributed by atoms with Crippen molar-refractivity contribution >= 4 is 23.7 Å². The molecule has 2 heteroatoms. The van der Waals surface area contributed by atoms with Crippen LogP contribution in [0.2, 0.25) is 0 Å². The highest BCUT2D eigenvalue weighted by atomic mass is 31.2. The minimum atomic E-state index is -1.90. The molecule has 4 aromatic rings. The third-order valence-electron chi connectivity index (χ3n) is 5.87. The van der Waals surface area contributed by atoms with Gasteiger partial charge in [0.2, 0.25) is 0 Å². The smallest absolute Gasteiger partial charge is 0.167 e. The van der Waals surface area contributed by atoms with Gasteiger partial charge in [0.1, 0.15) is 5.66 Å². The van der Waals surface area contributed by atoms with Gasteiger partial charge in [-0.1, -0.05) is 97.1 Å². The lowest BCUT2D eigenvalue weighted by molar-refractivity contribution is 0.0981. The maximum Gasteiger partial charge on any atom is 0.167 e. The van der Waals surface area contributed by atoms with Gasteiger partial charge in [-0.15, -0.1) is 0 Å². The number of ketones is 1. The highest BCUT2D eigenvalue weighted by Gasteiger charge is 2.47. The molecular weight excluding hydrogens is 383 g/mol. The fourth-order valence-electron chi connectivity index (χ4n) is 4.18. The van der Waals surface area contributed by atoms with Crippen LogP contribution in [0.5, 0.6) is 0 Å². The first-order valence-corrected chi connectivity index (χ1v) is 12.6. The zero-order valence-electron chi connectivity index (χ0n) is 17.2. The number of rotatable bonds is 7. The van der Waals surface area contributed by atoms with E-state index in [2.05, 4.69) is 91.6 Å². The standard InChI is InChI=1S/C28H26OP/c1-30(25-18-10-4-11-19-25,26-20-12-5-13-21-26)28(24-16-8-3-9-17-24)22-27(29)23-14-6-2-7-15-23/h2-21,28H,22H2,1H3/q+1. The summed E-state index contributed by atoms with van der Waals surface area (Å²) in [4.78, 5) is 13.4. The fraction of sp³-hybridized carbons (Fsp3) is 0.107. The summed E-state index contributed by atoms with van der Waals surface area (Å²) >= 11 is 0. The maximum absolute atomic E-state index is 13.4. The van der Waals surface area contributed by atoms with E-state index in [1.165, 1.54) is 16.2 Å². The van der Waals surface area contributed by atoms with Gasteiger partial charge in [0, 0.05) is 5.56 Å². The van der Waals surface area contributed by atoms with Crippen LogP contribution in [0.15, 0.2) is 121 Å². The van der Waals surface area contributed by atoms with Crippen molar-refractivity contribution in [1.82, 2.24) is 0 Å². The topological polar surface area (TPSA) is 17.1 Å². The van der Waals surface area contributed by atoms with Gasteiger partial charge < -0.3 is 0 Å². The maximum atomic E-state index is 13.4. The van der Waals surface area contributed by atoms with Crippen LogP contribution >= 0.6 is 7.26 Å². The summed E-state index contributed by atoms with van der Waals surface area (Å²) in [5, 5.41) is 2.65. The van der Waals surface area contributed by atoms with Gasteiger partial charge in [0.15, 0.2) is 5.78 Å². The molecule has 0 bridgehead atoms. The van der Waals surface area contributed by atoms with Crippen LogP contribution in [-0.2, 0) is 0 Å². The van der Waals surface area contributed by atoms with Crippen LogP contribution in [0.25, 0.3) is 0 Å². The monoisotopic (exact) mass is 409 g/mol. The van der Waals surface area contributed by atoms with E-state index >= 15 is 0 Å². The van der Waals surface area contributed by atoms with Crippen molar-refractivity contribution < 1.29 is 4.79 Å². The van der Waals surface area contributed by atoms with Crippen molar-refractivity contribution in [3.05, 3.63) is 132 Å². The second-order valence-electron chi connectivity index (χ2n) is 7.67. The molecule has 0 aliphatic carbocycles. The Morgan fingerprint density at radius 1 is 0.633 bits per heavy atom. The van der Waals surface area contributed by atoms with Crippen LogP contribution in [0.1, 0.15) is 28.0 Å². The molecule has 148 valence electrons. The Bertz CT molecular complexity index is 1040. The van der Waals surface area contributed by atoms with E-state index < -0.39 is 7.26 Å². The molecule has 30 heavy (non-hydrogen) atoms. The lowest BCUT2D eigenvalue weighted by Crippen LogP contribution is -2.28. The fourth-order valence-corrected chi connectivity index (χ4v) is 8.08. The molecule has 0 fully saturated rings. The molecule has 0 aliphatic heterocycles. The number of hydrogen-bond donors (Lipinski definition) is 0. The van der Waals surface area contributed by atoms with Crippen molar-refractivity contribution in [2.45, 2.75) is 12.1 Å². The molecule has 0 radical (unpaired) electrons. The molecule has 0 aliphatic rings. The first-order valence-electron chi connectivity index (χ1n) is 10.3. The van der Waals surface area contributed by atoms with Crippen LogP contribution in [0, 0.1) is 0 Å². The van der Waals surface area contributed by atoms with E-state index in [4.69, 9.17) is 0 Å². The van der Waals surface area contributed by atoms with E-state index in [9.17, 15) is 4.79 Å². The van der Waals surface area contributed by atoms with Crippen molar-refractivity contribution in [2.75, 3.05) is 6.66 Å². The number of Topliss-reactive ketones (excluding diaryl/α,β-unsaturated/α-hetero) is 1. The van der Waals surface area contributed by atoms with Gasteiger partial charge in [-0.05, 0) is 29.8 Å². The highest BCUT2D eigenvalue weighted by molar-refractivity contribution is 7.89. The van der Waals surface area contributed by atoms with Gasteiger partial charge in [-0.3, -0.25) is 4.79 Å². The number of carbonyl (C=O) groups excluding carboxylic acids is 1. The first kappa shape index (κ1) is 20.3. The second kappa shape index (κ2) is 9.20. The van der Waals surface area contributed by atoms with Crippen LogP contribution in [-0.4, -0.2) is 12.4 Å². The molecule has 1 nitrogen and oxygen atoms in total. The van der Waals surface area contributed by atoms with Crippen LogP contribution in [0.3, 0.4) is 0 Å². The predicted molar refractivity (Wildman–Crippen MR) is 130 cm³/mol. The molecular formula is C28H26OP+. The Hall–Kier alpha value is -3.02. The lowest BCUT2D eigenvalue weighted by Gasteiger charge is -2.32. The second-order valence-corrected chi connectivity index (χ2v) is 11.5. The van der Waals surface area contributed by atoms with E-state index in [-0.39, 0.29) is 11.4 Å². The van der Waals surface area contributed by atoms with Gasteiger partial charge in [0.05, 0.1) is 31.0 Å². The van der Waals surface area contributed by atoms with Crippen molar-refractivity contribution in [3.8, 4) is 0 Å². The SMILES string of the molecule is C[P+](c1ccccc1)(c1ccccc1)C(CC(=O)c1ccccc1)c1ccccc1. The highest BCUT2D eigenvalue weighted by Crippen LogP contribution is 2.66. The zero-order valence-corrected chi connectivity index (χ0v) is 18.1. The van der Waals surface area contributed by atoms with Gasteiger partial charge in [-0.25, -0.2) is 0 Å². The number of carbonyl (C=O) groups is 1. The molecule has 0 saturated carbocycles. The normalized spacial score (nSPS) is 12.3. The molecule has 0 aromatic heterocycles. The molecule has 0 spiro atoms. The molecule has 0 saturated heterocycles. The molecule has 0 N–H and O–H groups in total. The first-order chi connectivity index (χ1) is 14.7.